The molecule has 25 heavy (non-hydrogen) atoms. The lowest BCUT2D eigenvalue weighted by molar-refractivity contribution is -0.139. The molecule has 0 radical (unpaired) electrons. The van der Waals surface area contributed by atoms with Gasteiger partial charge in [-0.1, -0.05) is 36.4 Å². The van der Waals surface area contributed by atoms with Crippen LogP contribution in [0.3, 0.4) is 0 Å². The van der Waals surface area contributed by atoms with Crippen LogP contribution in [0.1, 0.15) is 29.9 Å². The van der Waals surface area contributed by atoms with Crippen LogP contribution in [-0.2, 0) is 16.1 Å². The second kappa shape index (κ2) is 7.01. The molecule has 1 heterocycles. The summed E-state index contributed by atoms with van der Waals surface area (Å²) < 4.78 is 27.0. The molecule has 0 aliphatic carbocycles. The Hall–Kier alpha value is -2.76. The fourth-order valence-electron chi connectivity index (χ4n) is 3.35. The number of amides is 1. The van der Waals surface area contributed by atoms with E-state index in [1.807, 2.05) is 30.3 Å². The Morgan fingerprint density at radius 3 is 2.52 bits per heavy atom. The van der Waals surface area contributed by atoms with E-state index in [0.29, 0.717) is 0 Å². The molecule has 3 rings (SSSR count). The molecule has 0 bridgehead atoms. The standard InChI is InChI=1S/C19H17F2NO3/c20-14-7-6-13(16(21)8-14)11-22-17(10-19(24)25)15(9-18(22)23)12-4-2-1-3-5-12/h1-8,15,17H,9-11H2,(H,24,25). The van der Waals surface area contributed by atoms with Crippen molar-refractivity contribution in [2.75, 3.05) is 0 Å². The monoisotopic (exact) mass is 345 g/mol. The Labute approximate surface area is 143 Å². The maximum absolute atomic E-state index is 13.9. The topological polar surface area (TPSA) is 57.6 Å². The number of carbonyl (C=O) groups excluding carboxylic acids is 1. The van der Waals surface area contributed by atoms with Gasteiger partial charge in [-0.15, -0.1) is 0 Å². The van der Waals surface area contributed by atoms with Crippen LogP contribution in [0.5, 0.6) is 0 Å². The molecule has 1 aliphatic rings. The highest BCUT2D eigenvalue weighted by Gasteiger charge is 2.41. The van der Waals surface area contributed by atoms with E-state index >= 15 is 0 Å². The molecule has 2 aromatic carbocycles. The average Bonchev–Trinajstić information content (AvgIpc) is 2.86. The van der Waals surface area contributed by atoms with Gasteiger partial charge in [-0.25, -0.2) is 8.78 Å². The SMILES string of the molecule is O=C(O)CC1C(c2ccccc2)CC(=O)N1Cc1ccc(F)cc1F. The molecule has 1 saturated heterocycles. The quantitative estimate of drug-likeness (QED) is 0.904. The van der Waals surface area contributed by atoms with Crippen LogP contribution in [-0.4, -0.2) is 27.9 Å². The number of likely N-dealkylation sites (tertiary alicyclic amines) is 1. The molecule has 0 spiro atoms. The van der Waals surface area contributed by atoms with E-state index in [1.165, 1.54) is 11.0 Å². The van der Waals surface area contributed by atoms with Gasteiger partial charge >= 0.3 is 5.97 Å². The first-order valence-electron chi connectivity index (χ1n) is 7.96. The number of halogens is 2. The molecular weight excluding hydrogens is 328 g/mol. The van der Waals surface area contributed by atoms with Crippen LogP contribution >= 0.6 is 0 Å². The molecule has 6 heteroatoms. The molecule has 1 N–H and O–H groups in total. The lowest BCUT2D eigenvalue weighted by atomic mass is 9.90. The Morgan fingerprint density at radius 2 is 1.88 bits per heavy atom. The van der Waals surface area contributed by atoms with Gasteiger partial charge in [0.15, 0.2) is 0 Å². The number of benzene rings is 2. The summed E-state index contributed by atoms with van der Waals surface area (Å²) in [5, 5.41) is 9.24. The summed E-state index contributed by atoms with van der Waals surface area (Å²) in [7, 11) is 0. The van der Waals surface area contributed by atoms with Crippen molar-refractivity contribution in [3.63, 3.8) is 0 Å². The fourth-order valence-corrected chi connectivity index (χ4v) is 3.35. The third-order valence-corrected chi connectivity index (χ3v) is 4.55. The Balaban J connectivity index is 1.90. The van der Waals surface area contributed by atoms with Gasteiger partial charge in [0.25, 0.3) is 0 Å². The van der Waals surface area contributed by atoms with Crippen LogP contribution in [0.2, 0.25) is 0 Å². The number of hydrogen-bond acceptors (Lipinski definition) is 2. The lowest BCUT2D eigenvalue weighted by Crippen LogP contribution is -2.36. The number of nitrogens with zero attached hydrogens (tertiary/aromatic N) is 1. The summed E-state index contributed by atoms with van der Waals surface area (Å²) in [4.78, 5) is 25.1. The molecular formula is C19H17F2NO3. The molecule has 130 valence electrons. The minimum absolute atomic E-state index is 0.0772. The second-order valence-corrected chi connectivity index (χ2v) is 6.14. The normalized spacial score (nSPS) is 20.1. The average molecular weight is 345 g/mol. The van der Waals surface area contributed by atoms with E-state index in [0.717, 1.165) is 17.7 Å². The Bertz CT molecular complexity index is 795. The van der Waals surface area contributed by atoms with Gasteiger partial charge in [0.1, 0.15) is 11.6 Å². The number of carbonyl (C=O) groups is 2. The van der Waals surface area contributed by atoms with Crippen LogP contribution in [0, 0.1) is 11.6 Å². The van der Waals surface area contributed by atoms with Crippen LogP contribution < -0.4 is 0 Å². The summed E-state index contributed by atoms with van der Waals surface area (Å²) in [5.74, 6) is -2.97. The van der Waals surface area contributed by atoms with E-state index in [1.54, 1.807) is 0 Å². The van der Waals surface area contributed by atoms with Gasteiger partial charge in [0, 0.05) is 36.6 Å². The molecule has 4 nitrogen and oxygen atoms in total. The predicted molar refractivity (Wildman–Crippen MR) is 86.7 cm³/mol. The van der Waals surface area contributed by atoms with Crippen molar-refractivity contribution in [2.45, 2.75) is 31.3 Å². The molecule has 2 aromatic rings. The Kier molecular flexibility index (Phi) is 4.79. The van der Waals surface area contributed by atoms with Crippen molar-refractivity contribution in [1.29, 1.82) is 0 Å². The maximum atomic E-state index is 13.9. The van der Waals surface area contributed by atoms with Crippen molar-refractivity contribution in [3.05, 3.63) is 71.3 Å². The zero-order chi connectivity index (χ0) is 18.0. The van der Waals surface area contributed by atoms with Crippen molar-refractivity contribution in [3.8, 4) is 0 Å². The van der Waals surface area contributed by atoms with E-state index < -0.39 is 23.6 Å². The Morgan fingerprint density at radius 1 is 1.16 bits per heavy atom. The van der Waals surface area contributed by atoms with Crippen LogP contribution in [0.15, 0.2) is 48.5 Å². The summed E-state index contributed by atoms with van der Waals surface area (Å²) >= 11 is 0. The largest absolute Gasteiger partial charge is 0.481 e. The molecule has 1 fully saturated rings. The molecule has 1 amide bonds. The first-order valence-corrected chi connectivity index (χ1v) is 7.96. The van der Waals surface area contributed by atoms with E-state index in [9.17, 15) is 23.5 Å². The van der Waals surface area contributed by atoms with Gasteiger partial charge in [-0.2, -0.15) is 0 Å². The third-order valence-electron chi connectivity index (χ3n) is 4.55. The van der Waals surface area contributed by atoms with Crippen molar-refractivity contribution in [2.24, 2.45) is 0 Å². The number of hydrogen-bond donors (Lipinski definition) is 1. The van der Waals surface area contributed by atoms with Crippen LogP contribution in [0.25, 0.3) is 0 Å². The van der Waals surface area contributed by atoms with E-state index in [-0.39, 0.29) is 36.8 Å². The predicted octanol–water partition coefficient (Wildman–Crippen LogP) is 3.32. The van der Waals surface area contributed by atoms with Crippen molar-refractivity contribution < 1.29 is 23.5 Å². The zero-order valence-electron chi connectivity index (χ0n) is 13.4. The van der Waals surface area contributed by atoms with Gasteiger partial charge in [-0.3, -0.25) is 9.59 Å². The summed E-state index contributed by atoms with van der Waals surface area (Å²) in [6.45, 7) is -0.0772. The molecule has 1 aliphatic heterocycles. The molecule has 0 aromatic heterocycles. The number of aliphatic carboxylic acids is 1. The summed E-state index contributed by atoms with van der Waals surface area (Å²) in [6, 6.07) is 11.8. The van der Waals surface area contributed by atoms with Gasteiger partial charge in [0.05, 0.1) is 6.42 Å². The van der Waals surface area contributed by atoms with Gasteiger partial charge < -0.3 is 10.0 Å². The van der Waals surface area contributed by atoms with Gasteiger partial charge in [0.2, 0.25) is 5.91 Å². The smallest absolute Gasteiger partial charge is 0.305 e. The second-order valence-electron chi connectivity index (χ2n) is 6.14. The zero-order valence-corrected chi connectivity index (χ0v) is 13.4. The summed E-state index contributed by atoms with van der Waals surface area (Å²) in [6.07, 6.45) is -0.0567. The first kappa shape index (κ1) is 17.1. The van der Waals surface area contributed by atoms with Crippen molar-refractivity contribution in [1.82, 2.24) is 4.90 Å². The van der Waals surface area contributed by atoms with Gasteiger partial charge in [-0.05, 0) is 11.6 Å². The van der Waals surface area contributed by atoms with Crippen molar-refractivity contribution >= 4 is 11.9 Å². The molecule has 2 unspecified atom stereocenters. The highest BCUT2D eigenvalue weighted by atomic mass is 19.1. The third kappa shape index (κ3) is 3.68. The minimum Gasteiger partial charge on any atom is -0.481 e. The minimum atomic E-state index is -1.02. The van der Waals surface area contributed by atoms with E-state index in [4.69, 9.17) is 0 Å². The van der Waals surface area contributed by atoms with E-state index in [2.05, 4.69) is 0 Å². The highest BCUT2D eigenvalue weighted by Crippen LogP contribution is 2.37. The summed E-state index contributed by atoms with van der Waals surface area (Å²) in [5.41, 5.74) is 1.04. The first-order chi connectivity index (χ1) is 12.0. The number of carboxylic acid groups (broad SMARTS) is 1. The van der Waals surface area contributed by atoms with Crippen LogP contribution in [0.4, 0.5) is 8.78 Å². The molecule has 0 saturated carbocycles. The molecule has 2 atom stereocenters. The lowest BCUT2D eigenvalue weighted by Gasteiger charge is -2.27. The number of carboxylic acids is 1. The highest BCUT2D eigenvalue weighted by molar-refractivity contribution is 5.82. The maximum Gasteiger partial charge on any atom is 0.305 e. The number of rotatable bonds is 5. The fraction of sp³-hybridized carbons (Fsp3) is 0.263.